The molecule has 6 heteroatoms. The topological polar surface area (TPSA) is 54.9 Å². The van der Waals surface area contributed by atoms with Gasteiger partial charge in [-0.3, -0.25) is 0 Å². The monoisotopic (exact) mass is 323 g/mol. The molecule has 0 aliphatic carbocycles. The van der Waals surface area contributed by atoms with Gasteiger partial charge in [0.2, 0.25) is 0 Å². The lowest BCUT2D eigenvalue weighted by Crippen LogP contribution is -2.45. The first kappa shape index (κ1) is 17.5. The Bertz CT molecular complexity index is 543. The number of guanidine groups is 1. The highest BCUT2D eigenvalue weighted by Crippen LogP contribution is 2.23. The van der Waals surface area contributed by atoms with E-state index >= 15 is 0 Å². The number of hydrogen-bond donors (Lipinski definition) is 2. The highest BCUT2D eigenvalue weighted by Gasteiger charge is 2.29. The van der Waals surface area contributed by atoms with Gasteiger partial charge in [-0.2, -0.15) is 0 Å². The maximum atomic E-state index is 13.7. The maximum absolute atomic E-state index is 13.7. The standard InChI is InChI=1S/C17H26FN3O2/c1-4-19-16(21-12-17(2)8-5-9-23-17)20-11-13-6-7-15(22-3)14(18)10-13/h6-7,10H,4-5,8-9,11-12H2,1-3H3,(H2,19,20,21). The zero-order valence-corrected chi connectivity index (χ0v) is 14.1. The smallest absolute Gasteiger partial charge is 0.191 e. The summed E-state index contributed by atoms with van der Waals surface area (Å²) in [5, 5.41) is 6.50. The Morgan fingerprint density at radius 2 is 2.26 bits per heavy atom. The van der Waals surface area contributed by atoms with Crippen molar-refractivity contribution < 1.29 is 13.9 Å². The second-order valence-electron chi connectivity index (χ2n) is 5.92. The number of methoxy groups -OCH3 is 1. The van der Waals surface area contributed by atoms with Crippen molar-refractivity contribution in [3.63, 3.8) is 0 Å². The Morgan fingerprint density at radius 1 is 1.43 bits per heavy atom. The van der Waals surface area contributed by atoms with E-state index in [-0.39, 0.29) is 17.2 Å². The summed E-state index contributed by atoms with van der Waals surface area (Å²) in [7, 11) is 1.45. The molecule has 1 aromatic carbocycles. The van der Waals surface area contributed by atoms with Gasteiger partial charge in [0.1, 0.15) is 0 Å². The summed E-state index contributed by atoms with van der Waals surface area (Å²) in [5.74, 6) is 0.583. The van der Waals surface area contributed by atoms with E-state index < -0.39 is 0 Å². The molecule has 1 fully saturated rings. The summed E-state index contributed by atoms with van der Waals surface area (Å²) in [6.07, 6.45) is 2.14. The van der Waals surface area contributed by atoms with Crippen LogP contribution in [0.3, 0.4) is 0 Å². The fourth-order valence-corrected chi connectivity index (χ4v) is 2.57. The average Bonchev–Trinajstić information content (AvgIpc) is 2.97. The van der Waals surface area contributed by atoms with E-state index in [1.807, 2.05) is 13.0 Å². The number of nitrogens with one attached hydrogen (secondary N) is 2. The maximum Gasteiger partial charge on any atom is 0.191 e. The van der Waals surface area contributed by atoms with Gasteiger partial charge in [0.15, 0.2) is 17.5 Å². The predicted molar refractivity (Wildman–Crippen MR) is 89.4 cm³/mol. The van der Waals surface area contributed by atoms with Crippen molar-refractivity contribution in [1.29, 1.82) is 0 Å². The van der Waals surface area contributed by atoms with Crippen LogP contribution in [0.2, 0.25) is 0 Å². The van der Waals surface area contributed by atoms with Crippen LogP contribution in [0.1, 0.15) is 32.3 Å². The fraction of sp³-hybridized carbons (Fsp3) is 0.588. The predicted octanol–water partition coefficient (Wildman–Crippen LogP) is 2.46. The average molecular weight is 323 g/mol. The first-order chi connectivity index (χ1) is 11.1. The van der Waals surface area contributed by atoms with Crippen LogP contribution in [0.4, 0.5) is 4.39 Å². The largest absolute Gasteiger partial charge is 0.494 e. The van der Waals surface area contributed by atoms with Crippen molar-refractivity contribution in [1.82, 2.24) is 10.6 Å². The van der Waals surface area contributed by atoms with E-state index in [2.05, 4.69) is 22.5 Å². The summed E-state index contributed by atoms with van der Waals surface area (Å²) in [5.41, 5.74) is 0.659. The molecular formula is C17H26FN3O2. The zero-order chi connectivity index (χ0) is 16.7. The van der Waals surface area contributed by atoms with Crippen LogP contribution in [-0.4, -0.2) is 38.4 Å². The normalized spacial score (nSPS) is 21.3. The summed E-state index contributed by atoms with van der Waals surface area (Å²) in [6.45, 7) is 6.80. The third-order valence-electron chi connectivity index (χ3n) is 3.91. The van der Waals surface area contributed by atoms with E-state index in [0.29, 0.717) is 19.0 Å². The molecule has 1 aliphatic heterocycles. The van der Waals surface area contributed by atoms with Gasteiger partial charge in [0, 0.05) is 19.7 Å². The van der Waals surface area contributed by atoms with Gasteiger partial charge in [-0.15, -0.1) is 0 Å². The molecule has 1 aromatic rings. The molecule has 5 nitrogen and oxygen atoms in total. The second kappa shape index (κ2) is 8.15. The van der Waals surface area contributed by atoms with Gasteiger partial charge in [-0.25, -0.2) is 9.38 Å². The van der Waals surface area contributed by atoms with E-state index in [4.69, 9.17) is 9.47 Å². The Hall–Kier alpha value is -1.82. The molecule has 1 saturated heterocycles. The lowest BCUT2D eigenvalue weighted by Gasteiger charge is -2.24. The number of rotatable bonds is 6. The van der Waals surface area contributed by atoms with Crippen molar-refractivity contribution in [2.45, 2.75) is 38.8 Å². The van der Waals surface area contributed by atoms with Gasteiger partial charge in [-0.1, -0.05) is 6.07 Å². The zero-order valence-electron chi connectivity index (χ0n) is 14.1. The molecular weight excluding hydrogens is 297 g/mol. The summed E-state index contributed by atoms with van der Waals surface area (Å²) in [4.78, 5) is 4.50. The third-order valence-corrected chi connectivity index (χ3v) is 3.91. The number of hydrogen-bond acceptors (Lipinski definition) is 3. The Morgan fingerprint density at radius 3 is 2.87 bits per heavy atom. The molecule has 0 spiro atoms. The quantitative estimate of drug-likeness (QED) is 0.624. The summed E-state index contributed by atoms with van der Waals surface area (Å²) in [6, 6.07) is 4.89. The molecule has 0 aromatic heterocycles. The summed E-state index contributed by atoms with van der Waals surface area (Å²) >= 11 is 0. The van der Waals surface area contributed by atoms with Crippen LogP contribution in [-0.2, 0) is 11.3 Å². The lowest BCUT2D eigenvalue weighted by atomic mass is 10.0. The van der Waals surface area contributed by atoms with Crippen molar-refractivity contribution in [2.75, 3.05) is 26.8 Å². The van der Waals surface area contributed by atoms with E-state index in [1.165, 1.54) is 13.2 Å². The van der Waals surface area contributed by atoms with Crippen LogP contribution < -0.4 is 15.4 Å². The van der Waals surface area contributed by atoms with Crippen molar-refractivity contribution in [3.05, 3.63) is 29.6 Å². The minimum Gasteiger partial charge on any atom is -0.494 e. The SMILES string of the molecule is CCNC(=NCc1ccc(OC)c(F)c1)NCC1(C)CCCO1. The Kier molecular flexibility index (Phi) is 6.21. The second-order valence-corrected chi connectivity index (χ2v) is 5.92. The first-order valence-corrected chi connectivity index (χ1v) is 8.05. The lowest BCUT2D eigenvalue weighted by molar-refractivity contribution is 0.0243. The molecule has 128 valence electrons. The highest BCUT2D eigenvalue weighted by atomic mass is 19.1. The fourth-order valence-electron chi connectivity index (χ4n) is 2.57. The molecule has 1 unspecified atom stereocenters. The summed E-state index contributed by atoms with van der Waals surface area (Å²) < 4.78 is 24.4. The third kappa shape index (κ3) is 5.10. The molecule has 0 radical (unpaired) electrons. The minimum atomic E-state index is -0.370. The van der Waals surface area contributed by atoms with Gasteiger partial charge in [0.25, 0.3) is 0 Å². The molecule has 0 bridgehead atoms. The number of halogens is 1. The van der Waals surface area contributed by atoms with Crippen LogP contribution in [0.15, 0.2) is 23.2 Å². The van der Waals surface area contributed by atoms with Crippen LogP contribution >= 0.6 is 0 Å². The molecule has 0 amide bonds. The molecule has 1 heterocycles. The molecule has 1 aliphatic rings. The Labute approximate surface area is 137 Å². The molecule has 23 heavy (non-hydrogen) atoms. The minimum absolute atomic E-state index is 0.136. The van der Waals surface area contributed by atoms with Crippen molar-refractivity contribution in [3.8, 4) is 5.75 Å². The van der Waals surface area contributed by atoms with E-state index in [9.17, 15) is 4.39 Å². The molecule has 2 N–H and O–H groups in total. The number of benzene rings is 1. The van der Waals surface area contributed by atoms with Crippen LogP contribution in [0.5, 0.6) is 5.75 Å². The van der Waals surface area contributed by atoms with Crippen LogP contribution in [0.25, 0.3) is 0 Å². The Balaban J connectivity index is 1.96. The van der Waals surface area contributed by atoms with Crippen molar-refractivity contribution in [2.24, 2.45) is 4.99 Å². The van der Waals surface area contributed by atoms with Gasteiger partial charge in [-0.05, 0) is 44.4 Å². The van der Waals surface area contributed by atoms with Gasteiger partial charge >= 0.3 is 0 Å². The first-order valence-electron chi connectivity index (χ1n) is 8.05. The number of aliphatic imine (C=N–C) groups is 1. The molecule has 0 saturated carbocycles. The van der Waals surface area contributed by atoms with Gasteiger partial charge in [0.05, 0.1) is 19.3 Å². The molecule has 2 rings (SSSR count). The molecule has 1 atom stereocenters. The van der Waals surface area contributed by atoms with Gasteiger partial charge < -0.3 is 20.1 Å². The van der Waals surface area contributed by atoms with Crippen LogP contribution in [0, 0.1) is 5.82 Å². The number of ether oxygens (including phenoxy) is 2. The van der Waals surface area contributed by atoms with E-state index in [0.717, 1.165) is 31.6 Å². The highest BCUT2D eigenvalue weighted by molar-refractivity contribution is 5.79. The van der Waals surface area contributed by atoms with E-state index in [1.54, 1.807) is 6.07 Å². The number of nitrogens with zero attached hydrogens (tertiary/aromatic N) is 1. The van der Waals surface area contributed by atoms with Crippen molar-refractivity contribution >= 4 is 5.96 Å².